The maximum atomic E-state index is 11.7. The lowest BCUT2D eigenvalue weighted by Gasteiger charge is -2.19. The van der Waals surface area contributed by atoms with E-state index in [-0.39, 0.29) is 35.9 Å². The summed E-state index contributed by atoms with van der Waals surface area (Å²) in [5.41, 5.74) is 1.12. The number of nitrogens with zero attached hydrogens (tertiary/aromatic N) is 2. The minimum absolute atomic E-state index is 0. The van der Waals surface area contributed by atoms with E-state index in [1.54, 1.807) is 14.2 Å². The van der Waals surface area contributed by atoms with Crippen LogP contribution in [0.5, 0.6) is 5.75 Å². The van der Waals surface area contributed by atoms with Gasteiger partial charge in [0, 0.05) is 39.1 Å². The highest BCUT2D eigenvalue weighted by Gasteiger charge is 2.25. The molecule has 0 bridgehead atoms. The molecule has 0 spiro atoms. The van der Waals surface area contributed by atoms with Gasteiger partial charge in [0.2, 0.25) is 5.91 Å². The molecule has 1 aromatic rings. The van der Waals surface area contributed by atoms with E-state index in [2.05, 4.69) is 31.6 Å². The smallest absolute Gasteiger partial charge is 0.222 e. The van der Waals surface area contributed by atoms with E-state index in [1.807, 2.05) is 30.0 Å². The van der Waals surface area contributed by atoms with E-state index < -0.39 is 0 Å². The lowest BCUT2D eigenvalue weighted by molar-refractivity contribution is -0.129. The van der Waals surface area contributed by atoms with Crippen molar-refractivity contribution in [2.45, 2.75) is 32.4 Å². The van der Waals surface area contributed by atoms with E-state index in [0.717, 1.165) is 41.3 Å². The Morgan fingerprint density at radius 1 is 1.48 bits per heavy atom. The van der Waals surface area contributed by atoms with Crippen molar-refractivity contribution in [2.75, 3.05) is 27.2 Å². The fraction of sp³-hybridized carbons (Fsp3) is 0.529. The second-order valence-electron chi connectivity index (χ2n) is 5.72. The van der Waals surface area contributed by atoms with Crippen molar-refractivity contribution in [1.29, 1.82) is 0 Å². The molecule has 0 saturated carbocycles. The van der Waals surface area contributed by atoms with Crippen molar-refractivity contribution < 1.29 is 9.53 Å². The topological polar surface area (TPSA) is 66.0 Å². The van der Waals surface area contributed by atoms with Gasteiger partial charge in [-0.25, -0.2) is 0 Å². The van der Waals surface area contributed by atoms with Crippen molar-refractivity contribution >= 4 is 51.8 Å². The summed E-state index contributed by atoms with van der Waals surface area (Å²) in [7, 11) is 3.40. The molecular formula is C17H26BrIN4O2. The first-order chi connectivity index (χ1) is 11.6. The first-order valence-electron chi connectivity index (χ1n) is 8.14. The van der Waals surface area contributed by atoms with Gasteiger partial charge in [0.15, 0.2) is 5.96 Å². The largest absolute Gasteiger partial charge is 0.496 e. The van der Waals surface area contributed by atoms with Crippen molar-refractivity contribution in [3.63, 3.8) is 0 Å². The molecule has 1 amide bonds. The Hall–Kier alpha value is -1.03. The number of hydrogen-bond donors (Lipinski definition) is 2. The molecule has 25 heavy (non-hydrogen) atoms. The summed E-state index contributed by atoms with van der Waals surface area (Å²) in [6.45, 7) is 4.11. The lowest BCUT2D eigenvalue weighted by Crippen LogP contribution is -2.44. The molecule has 1 heterocycles. The molecule has 2 N–H and O–H groups in total. The number of halogens is 2. The summed E-state index contributed by atoms with van der Waals surface area (Å²) >= 11 is 3.49. The van der Waals surface area contributed by atoms with Crippen LogP contribution in [0, 0.1) is 0 Å². The van der Waals surface area contributed by atoms with Gasteiger partial charge in [-0.3, -0.25) is 9.79 Å². The number of amides is 1. The van der Waals surface area contributed by atoms with Crippen LogP contribution in [-0.4, -0.2) is 50.1 Å². The highest BCUT2D eigenvalue weighted by atomic mass is 127. The first kappa shape index (κ1) is 22.0. The van der Waals surface area contributed by atoms with Crippen molar-refractivity contribution in [3.05, 3.63) is 28.2 Å². The Morgan fingerprint density at radius 3 is 2.84 bits per heavy atom. The monoisotopic (exact) mass is 524 g/mol. The number of carbonyl (C=O) groups is 1. The van der Waals surface area contributed by atoms with Crippen LogP contribution in [0.4, 0.5) is 0 Å². The van der Waals surface area contributed by atoms with Gasteiger partial charge in [-0.1, -0.05) is 13.0 Å². The molecule has 0 radical (unpaired) electrons. The summed E-state index contributed by atoms with van der Waals surface area (Å²) in [5, 5.41) is 6.70. The number of ether oxygens (including phenoxy) is 1. The number of hydrogen-bond acceptors (Lipinski definition) is 3. The van der Waals surface area contributed by atoms with Crippen LogP contribution in [0.1, 0.15) is 25.3 Å². The second kappa shape index (κ2) is 10.8. The Kier molecular flexibility index (Phi) is 9.55. The molecule has 2 rings (SSSR count). The Labute approximate surface area is 174 Å². The van der Waals surface area contributed by atoms with Crippen molar-refractivity contribution in [3.8, 4) is 5.75 Å². The molecule has 1 aliphatic heterocycles. The van der Waals surface area contributed by atoms with E-state index in [0.29, 0.717) is 13.0 Å². The molecule has 1 saturated heterocycles. The molecule has 8 heteroatoms. The molecule has 1 unspecified atom stereocenters. The van der Waals surface area contributed by atoms with Crippen molar-refractivity contribution in [2.24, 2.45) is 4.99 Å². The standard InChI is InChI=1S/C17H25BrN4O2.HI/c1-4-16(23)22-8-7-13(11-22)21-17(19-2)20-10-12-5-6-15(24-3)14(18)9-12;/h5-6,9,13H,4,7-8,10-11H2,1-3H3,(H2,19,20,21);1H. The van der Waals surface area contributed by atoms with E-state index in [4.69, 9.17) is 4.74 Å². The molecule has 0 aliphatic carbocycles. The number of benzene rings is 1. The van der Waals surface area contributed by atoms with Gasteiger partial charge >= 0.3 is 0 Å². The average molecular weight is 525 g/mol. The third-order valence-electron chi connectivity index (χ3n) is 4.08. The minimum atomic E-state index is 0. The average Bonchev–Trinajstić information content (AvgIpc) is 3.06. The number of guanidine groups is 1. The highest BCUT2D eigenvalue weighted by molar-refractivity contribution is 14.0. The Morgan fingerprint density at radius 2 is 2.24 bits per heavy atom. The molecule has 0 aromatic heterocycles. The van der Waals surface area contributed by atoms with Crippen LogP contribution in [0.15, 0.2) is 27.7 Å². The zero-order chi connectivity index (χ0) is 17.5. The van der Waals surface area contributed by atoms with Gasteiger partial charge in [0.05, 0.1) is 11.6 Å². The molecule has 1 fully saturated rings. The quantitative estimate of drug-likeness (QED) is 0.353. The van der Waals surface area contributed by atoms with Gasteiger partial charge in [-0.2, -0.15) is 0 Å². The SMILES string of the molecule is CCC(=O)N1CCC(NC(=NC)NCc2ccc(OC)c(Br)c2)C1.I. The maximum Gasteiger partial charge on any atom is 0.222 e. The van der Waals surface area contributed by atoms with Crippen LogP contribution in [0.3, 0.4) is 0 Å². The van der Waals surface area contributed by atoms with Crippen LogP contribution < -0.4 is 15.4 Å². The number of likely N-dealkylation sites (tertiary alicyclic amines) is 1. The molecular weight excluding hydrogens is 499 g/mol. The van der Waals surface area contributed by atoms with Crippen molar-refractivity contribution in [1.82, 2.24) is 15.5 Å². The maximum absolute atomic E-state index is 11.7. The third kappa shape index (κ3) is 6.32. The lowest BCUT2D eigenvalue weighted by atomic mass is 10.2. The number of methoxy groups -OCH3 is 1. The number of rotatable bonds is 5. The fourth-order valence-corrected chi connectivity index (χ4v) is 3.31. The van der Waals surface area contributed by atoms with Crippen LogP contribution in [0.25, 0.3) is 0 Å². The van der Waals surface area contributed by atoms with Crippen LogP contribution in [-0.2, 0) is 11.3 Å². The minimum Gasteiger partial charge on any atom is -0.496 e. The summed E-state index contributed by atoms with van der Waals surface area (Å²) in [6, 6.07) is 6.22. The zero-order valence-corrected chi connectivity index (χ0v) is 18.8. The summed E-state index contributed by atoms with van der Waals surface area (Å²) in [6.07, 6.45) is 1.51. The van der Waals surface area contributed by atoms with Gasteiger partial charge in [0.25, 0.3) is 0 Å². The van der Waals surface area contributed by atoms with E-state index in [1.165, 1.54) is 0 Å². The van der Waals surface area contributed by atoms with Crippen LogP contribution in [0.2, 0.25) is 0 Å². The fourth-order valence-electron chi connectivity index (χ4n) is 2.72. The van der Waals surface area contributed by atoms with Gasteiger partial charge in [-0.05, 0) is 40.0 Å². The predicted octanol–water partition coefficient (Wildman–Crippen LogP) is 2.75. The van der Waals surface area contributed by atoms with Gasteiger partial charge in [0.1, 0.15) is 5.75 Å². The summed E-state index contributed by atoms with van der Waals surface area (Å²) in [4.78, 5) is 17.9. The number of aliphatic imine (C=N–C) groups is 1. The third-order valence-corrected chi connectivity index (χ3v) is 4.70. The Bertz CT molecular complexity index is 612. The van der Waals surface area contributed by atoms with Gasteiger partial charge in [-0.15, -0.1) is 24.0 Å². The first-order valence-corrected chi connectivity index (χ1v) is 8.94. The van der Waals surface area contributed by atoms with E-state index >= 15 is 0 Å². The normalized spacial score (nSPS) is 17.0. The summed E-state index contributed by atoms with van der Waals surface area (Å²) < 4.78 is 6.17. The predicted molar refractivity (Wildman–Crippen MR) is 115 cm³/mol. The molecule has 1 aliphatic rings. The molecule has 140 valence electrons. The Balaban J connectivity index is 0.00000312. The number of carbonyl (C=O) groups excluding carboxylic acids is 1. The highest BCUT2D eigenvalue weighted by Crippen LogP contribution is 2.25. The summed E-state index contributed by atoms with van der Waals surface area (Å²) in [5.74, 6) is 1.77. The zero-order valence-electron chi connectivity index (χ0n) is 14.8. The number of nitrogens with one attached hydrogen (secondary N) is 2. The van der Waals surface area contributed by atoms with Gasteiger partial charge < -0.3 is 20.3 Å². The molecule has 1 aromatic carbocycles. The molecule has 1 atom stereocenters. The molecule has 6 nitrogen and oxygen atoms in total. The van der Waals surface area contributed by atoms with Crippen LogP contribution >= 0.6 is 39.9 Å². The second-order valence-corrected chi connectivity index (χ2v) is 6.57. The van der Waals surface area contributed by atoms with E-state index in [9.17, 15) is 4.79 Å².